The first kappa shape index (κ1) is 20.4. The quantitative estimate of drug-likeness (QED) is 0.487. The summed E-state index contributed by atoms with van der Waals surface area (Å²) >= 11 is 0. The first-order chi connectivity index (χ1) is 14.1. The number of aryl methyl sites for hydroxylation is 1. The number of amides is 2. The van der Waals surface area contributed by atoms with Gasteiger partial charge < -0.3 is 24.4 Å². The average Bonchev–Trinajstić information content (AvgIpc) is 3.41. The molecule has 29 heavy (non-hydrogen) atoms. The third-order valence-electron chi connectivity index (χ3n) is 4.54. The molecular formula is C22H26N3O4+. The molecule has 0 saturated carbocycles. The van der Waals surface area contributed by atoms with E-state index in [9.17, 15) is 9.59 Å². The smallest absolute Gasteiger partial charge is 0.275 e. The Bertz CT molecular complexity index is 868. The molecule has 2 amide bonds. The first-order valence-electron chi connectivity index (χ1n) is 9.67. The lowest BCUT2D eigenvalue weighted by Crippen LogP contribution is -3.10. The minimum atomic E-state index is -0.252. The van der Waals surface area contributed by atoms with Crippen molar-refractivity contribution in [2.75, 3.05) is 18.4 Å². The Morgan fingerprint density at radius 3 is 2.14 bits per heavy atom. The number of furan rings is 2. The van der Waals surface area contributed by atoms with E-state index in [0.717, 1.165) is 34.1 Å². The summed E-state index contributed by atoms with van der Waals surface area (Å²) in [5.41, 5.74) is 1.83. The maximum Gasteiger partial charge on any atom is 0.275 e. The molecule has 3 aromatic rings. The number of quaternary nitrogens is 1. The van der Waals surface area contributed by atoms with E-state index in [-0.39, 0.29) is 24.9 Å². The van der Waals surface area contributed by atoms with Crippen molar-refractivity contribution in [2.24, 2.45) is 0 Å². The van der Waals surface area contributed by atoms with Crippen LogP contribution in [0.15, 0.2) is 69.9 Å². The predicted octanol–water partition coefficient (Wildman–Crippen LogP) is 1.78. The van der Waals surface area contributed by atoms with Gasteiger partial charge >= 0.3 is 0 Å². The lowest BCUT2D eigenvalue weighted by molar-refractivity contribution is -0.921. The van der Waals surface area contributed by atoms with E-state index in [1.165, 1.54) is 0 Å². The predicted molar refractivity (Wildman–Crippen MR) is 108 cm³/mol. The molecule has 152 valence electrons. The molecular weight excluding hydrogens is 370 g/mol. The van der Waals surface area contributed by atoms with Gasteiger partial charge in [0.15, 0.2) is 18.1 Å². The minimum absolute atomic E-state index is 0.0777. The van der Waals surface area contributed by atoms with E-state index in [1.54, 1.807) is 12.5 Å². The van der Waals surface area contributed by atoms with Gasteiger partial charge in [-0.3, -0.25) is 9.59 Å². The number of hydrogen-bond acceptors (Lipinski definition) is 4. The number of hydrogen-bond donors (Lipinski definition) is 3. The molecule has 0 radical (unpaired) electrons. The van der Waals surface area contributed by atoms with Gasteiger partial charge in [0, 0.05) is 5.69 Å². The van der Waals surface area contributed by atoms with Crippen LogP contribution in [0.3, 0.4) is 0 Å². The van der Waals surface area contributed by atoms with Crippen LogP contribution in [0.1, 0.15) is 24.0 Å². The van der Waals surface area contributed by atoms with Gasteiger partial charge in [0.25, 0.3) is 5.91 Å². The van der Waals surface area contributed by atoms with Gasteiger partial charge in [0.1, 0.15) is 13.1 Å². The van der Waals surface area contributed by atoms with Crippen LogP contribution in [0.25, 0.3) is 0 Å². The maximum absolute atomic E-state index is 12.4. The Labute approximate surface area is 169 Å². The number of benzene rings is 1. The van der Waals surface area contributed by atoms with Crippen LogP contribution in [-0.4, -0.2) is 24.9 Å². The molecule has 2 aromatic heterocycles. The molecule has 3 N–H and O–H groups in total. The van der Waals surface area contributed by atoms with Crippen molar-refractivity contribution in [3.05, 3.63) is 78.1 Å². The highest BCUT2D eigenvalue weighted by molar-refractivity contribution is 5.95. The molecule has 2 heterocycles. The molecule has 7 nitrogen and oxygen atoms in total. The van der Waals surface area contributed by atoms with Crippen molar-refractivity contribution < 1.29 is 23.3 Å². The lowest BCUT2D eigenvalue weighted by Gasteiger charge is -2.17. The molecule has 3 rings (SSSR count). The topological polar surface area (TPSA) is 88.9 Å². The molecule has 0 unspecified atom stereocenters. The number of carbonyl (C=O) groups is 2. The molecule has 0 spiro atoms. The first-order valence-corrected chi connectivity index (χ1v) is 9.67. The second-order valence-corrected chi connectivity index (χ2v) is 6.77. The lowest BCUT2D eigenvalue weighted by atomic mass is 10.1. The van der Waals surface area contributed by atoms with Gasteiger partial charge in [-0.25, -0.2) is 0 Å². The third-order valence-corrected chi connectivity index (χ3v) is 4.54. The Hall–Kier alpha value is -3.32. The van der Waals surface area contributed by atoms with Crippen molar-refractivity contribution in [1.29, 1.82) is 0 Å². The van der Waals surface area contributed by atoms with Gasteiger partial charge in [0.2, 0.25) is 5.91 Å². The molecule has 0 saturated heterocycles. The highest BCUT2D eigenvalue weighted by atomic mass is 16.3. The average molecular weight is 396 g/mol. The zero-order valence-electron chi connectivity index (χ0n) is 16.4. The summed E-state index contributed by atoms with van der Waals surface area (Å²) < 4.78 is 10.8. The Balaban J connectivity index is 1.51. The summed E-state index contributed by atoms with van der Waals surface area (Å²) in [7, 11) is 0. The van der Waals surface area contributed by atoms with Crippen molar-refractivity contribution in [3.63, 3.8) is 0 Å². The fourth-order valence-electron chi connectivity index (χ4n) is 3.12. The molecule has 7 heteroatoms. The van der Waals surface area contributed by atoms with E-state index in [0.29, 0.717) is 13.1 Å². The van der Waals surface area contributed by atoms with E-state index in [4.69, 9.17) is 8.83 Å². The van der Waals surface area contributed by atoms with Crippen LogP contribution in [-0.2, 0) is 29.1 Å². The van der Waals surface area contributed by atoms with E-state index >= 15 is 0 Å². The van der Waals surface area contributed by atoms with Crippen LogP contribution in [0, 0.1) is 0 Å². The van der Waals surface area contributed by atoms with E-state index in [1.807, 2.05) is 55.5 Å². The number of anilines is 1. The largest absolute Gasteiger partial charge is 0.463 e. The normalized spacial score (nSPS) is 10.8. The van der Waals surface area contributed by atoms with Gasteiger partial charge in [0.05, 0.1) is 19.1 Å². The van der Waals surface area contributed by atoms with Crippen molar-refractivity contribution in [2.45, 2.75) is 26.4 Å². The van der Waals surface area contributed by atoms with Crippen LogP contribution >= 0.6 is 0 Å². The van der Waals surface area contributed by atoms with Crippen LogP contribution in [0.5, 0.6) is 0 Å². The minimum Gasteiger partial charge on any atom is -0.463 e. The van der Waals surface area contributed by atoms with Crippen molar-refractivity contribution in [1.82, 2.24) is 5.32 Å². The Kier molecular flexibility index (Phi) is 7.24. The summed E-state index contributed by atoms with van der Waals surface area (Å²) in [6.07, 6.45) is 4.04. The molecule has 0 aliphatic rings. The van der Waals surface area contributed by atoms with Gasteiger partial charge in [-0.1, -0.05) is 25.1 Å². The number of carbonyl (C=O) groups excluding carboxylic acids is 2. The number of rotatable bonds is 10. The van der Waals surface area contributed by atoms with Crippen molar-refractivity contribution >= 4 is 17.5 Å². The summed E-state index contributed by atoms with van der Waals surface area (Å²) in [5, 5.41) is 5.55. The zero-order chi connectivity index (χ0) is 20.5. The van der Waals surface area contributed by atoms with Gasteiger partial charge in [-0.15, -0.1) is 0 Å². The molecule has 0 fully saturated rings. The second-order valence-electron chi connectivity index (χ2n) is 6.77. The Morgan fingerprint density at radius 2 is 1.55 bits per heavy atom. The molecule has 1 aromatic carbocycles. The van der Waals surface area contributed by atoms with Gasteiger partial charge in [-0.05, 0) is 42.3 Å². The standard InChI is InChI=1S/C22H25N3O4/c1-2-17-7-3-4-10-20(17)24-21(26)13-23-22(27)16-25(14-18-8-5-11-28-18)15-19-9-6-12-29-19/h3-12H,2,13-16H2,1H3,(H,23,27)(H,24,26)/p+1. The second kappa shape index (κ2) is 10.3. The monoisotopic (exact) mass is 396 g/mol. The fourth-order valence-corrected chi connectivity index (χ4v) is 3.12. The van der Waals surface area contributed by atoms with E-state index in [2.05, 4.69) is 10.6 Å². The van der Waals surface area contributed by atoms with E-state index < -0.39 is 0 Å². The molecule has 0 atom stereocenters. The maximum atomic E-state index is 12.4. The summed E-state index contributed by atoms with van der Waals surface area (Å²) in [6.45, 7) is 3.22. The van der Waals surface area contributed by atoms with Crippen LogP contribution < -0.4 is 15.5 Å². The van der Waals surface area contributed by atoms with Crippen LogP contribution in [0.4, 0.5) is 5.69 Å². The zero-order valence-corrected chi connectivity index (χ0v) is 16.4. The summed E-state index contributed by atoms with van der Waals surface area (Å²) in [6, 6.07) is 15.0. The number of para-hydroxylation sites is 1. The SMILES string of the molecule is CCc1ccccc1NC(=O)CNC(=O)C[NH+](Cc1ccco1)Cc1ccco1. The fraction of sp³-hybridized carbons (Fsp3) is 0.273. The highest BCUT2D eigenvalue weighted by Crippen LogP contribution is 2.14. The summed E-state index contributed by atoms with van der Waals surface area (Å²) in [5.74, 6) is 1.11. The Morgan fingerprint density at radius 1 is 0.897 bits per heavy atom. The molecule has 0 bridgehead atoms. The number of nitrogens with one attached hydrogen (secondary N) is 3. The molecule has 0 aliphatic heterocycles. The molecule has 0 aliphatic carbocycles. The van der Waals surface area contributed by atoms with Gasteiger partial charge in [-0.2, -0.15) is 0 Å². The van der Waals surface area contributed by atoms with Crippen molar-refractivity contribution in [3.8, 4) is 0 Å². The third kappa shape index (κ3) is 6.36. The van der Waals surface area contributed by atoms with Crippen LogP contribution in [0.2, 0.25) is 0 Å². The highest BCUT2D eigenvalue weighted by Gasteiger charge is 2.19. The summed E-state index contributed by atoms with van der Waals surface area (Å²) in [4.78, 5) is 25.6.